The first kappa shape index (κ1) is 25.4. The number of hydrogen-bond donors (Lipinski definition) is 0. The molecule has 0 heterocycles. The minimum atomic E-state index is -6.00. The molecule has 0 amide bonds. The molecular weight excluding hydrogens is 429 g/mol. The van der Waals surface area contributed by atoms with E-state index in [1.54, 1.807) is 0 Å². The van der Waals surface area contributed by atoms with Crippen LogP contribution in [0.1, 0.15) is 0 Å². The van der Waals surface area contributed by atoms with Crippen LogP contribution >= 0.6 is 0 Å². The molecular formula is B3F12Tm. The van der Waals surface area contributed by atoms with Gasteiger partial charge in [0.2, 0.25) is 0 Å². The topological polar surface area (TPSA) is 0 Å². The Balaban J connectivity index is -0.0000000655. The zero-order chi connectivity index (χ0) is 13.5. The molecule has 0 unspecified atom stereocenters. The summed E-state index contributed by atoms with van der Waals surface area (Å²) in [7, 11) is -18.0. The molecule has 0 aliphatic rings. The van der Waals surface area contributed by atoms with E-state index in [0.29, 0.717) is 0 Å². The van der Waals surface area contributed by atoms with Gasteiger partial charge >= 0.3 is 58.6 Å². The van der Waals surface area contributed by atoms with Crippen molar-refractivity contribution in [3.8, 4) is 0 Å². The van der Waals surface area contributed by atoms with Crippen molar-refractivity contribution in [1.82, 2.24) is 0 Å². The molecule has 0 saturated carbocycles. The van der Waals surface area contributed by atoms with Crippen molar-refractivity contribution >= 4 is 21.8 Å². The molecule has 0 N–H and O–H groups in total. The maximum atomic E-state index is 9.75. The SMILES string of the molecule is F[B-](F)(F)F.F[B-](F)(F)F.F[B-](F)(F)F.[Tm+3]. The number of hydrogen-bond acceptors (Lipinski definition) is 0. The molecule has 0 aliphatic heterocycles. The molecule has 0 spiro atoms. The summed E-state index contributed by atoms with van der Waals surface area (Å²) in [5.41, 5.74) is 0. The summed E-state index contributed by atoms with van der Waals surface area (Å²) in [5, 5.41) is 0. The van der Waals surface area contributed by atoms with E-state index in [0.717, 1.165) is 0 Å². The molecule has 0 radical (unpaired) electrons. The van der Waals surface area contributed by atoms with Crippen LogP contribution in [0.5, 0.6) is 0 Å². The van der Waals surface area contributed by atoms with E-state index in [1.807, 2.05) is 0 Å². The minimum Gasteiger partial charge on any atom is -0.418 e. The van der Waals surface area contributed by atoms with Gasteiger partial charge in [0, 0.05) is 0 Å². The quantitative estimate of drug-likeness (QED) is 0.405. The average molecular weight is 429 g/mol. The Labute approximate surface area is 110 Å². The van der Waals surface area contributed by atoms with Crippen molar-refractivity contribution in [3.05, 3.63) is 0 Å². The van der Waals surface area contributed by atoms with Gasteiger partial charge < -0.3 is 51.8 Å². The fraction of sp³-hybridized carbons (Fsp3) is 0. The smallest absolute Gasteiger partial charge is 0.418 e. The summed E-state index contributed by atoms with van der Waals surface area (Å²) in [4.78, 5) is 0. The Hall–Kier alpha value is 0.589. The van der Waals surface area contributed by atoms with Gasteiger partial charge in [0.25, 0.3) is 0 Å². The Morgan fingerprint density at radius 1 is 0.312 bits per heavy atom. The first-order valence-corrected chi connectivity index (χ1v) is 2.62. The molecule has 0 nitrogen and oxygen atoms in total. The third-order valence-corrected chi connectivity index (χ3v) is 0. The summed E-state index contributed by atoms with van der Waals surface area (Å²) < 4.78 is 117. The maximum Gasteiger partial charge on any atom is 3.00 e. The van der Waals surface area contributed by atoms with Crippen LogP contribution in [0.25, 0.3) is 0 Å². The molecule has 0 aromatic carbocycles. The van der Waals surface area contributed by atoms with Crippen LogP contribution < -0.4 is 0 Å². The Morgan fingerprint density at radius 3 is 0.312 bits per heavy atom. The first-order chi connectivity index (χ1) is 6.00. The van der Waals surface area contributed by atoms with E-state index in [4.69, 9.17) is 0 Å². The van der Waals surface area contributed by atoms with Crippen molar-refractivity contribution in [3.63, 3.8) is 0 Å². The predicted octanol–water partition coefficient (Wildman–Crippen LogP) is 3.90. The van der Waals surface area contributed by atoms with Gasteiger partial charge in [0.05, 0.1) is 0 Å². The van der Waals surface area contributed by atoms with E-state index in [1.165, 1.54) is 0 Å². The van der Waals surface area contributed by atoms with Gasteiger partial charge in [-0.3, -0.25) is 0 Å². The van der Waals surface area contributed by atoms with Crippen LogP contribution in [0.4, 0.5) is 51.8 Å². The third-order valence-electron chi connectivity index (χ3n) is 0. The van der Waals surface area contributed by atoms with Crippen molar-refractivity contribution in [1.29, 1.82) is 0 Å². The molecule has 16 heteroatoms. The van der Waals surface area contributed by atoms with E-state index in [2.05, 4.69) is 0 Å². The second-order valence-electron chi connectivity index (χ2n) is 1.48. The molecule has 0 aliphatic carbocycles. The molecule has 0 aromatic rings. The van der Waals surface area contributed by atoms with E-state index < -0.39 is 21.8 Å². The second kappa shape index (κ2) is 9.60. The van der Waals surface area contributed by atoms with Crippen molar-refractivity contribution < 1.29 is 88.7 Å². The van der Waals surface area contributed by atoms with Gasteiger partial charge in [-0.15, -0.1) is 0 Å². The Kier molecular flexibility index (Phi) is 15.3. The molecule has 106 valence electrons. The van der Waals surface area contributed by atoms with Crippen LogP contribution in [-0.2, 0) is 0 Å². The summed E-state index contributed by atoms with van der Waals surface area (Å²) in [5.74, 6) is 0. The fourth-order valence-electron chi connectivity index (χ4n) is 0. The van der Waals surface area contributed by atoms with Gasteiger partial charge in [-0.2, -0.15) is 0 Å². The zero-order valence-corrected chi connectivity index (χ0v) is 8.32. The largest absolute Gasteiger partial charge is 3.00 e. The molecule has 0 bridgehead atoms. The first-order valence-electron chi connectivity index (χ1n) is 2.62. The summed E-state index contributed by atoms with van der Waals surface area (Å²) in [6.45, 7) is 0. The molecule has 0 atom stereocenters. The van der Waals surface area contributed by atoms with Gasteiger partial charge in [-0.1, -0.05) is 0 Å². The van der Waals surface area contributed by atoms with E-state index in [-0.39, 0.29) is 36.9 Å². The standard InChI is InChI=1S/3BF4.Tm/c3*2-1(3,4)5;/q3*-1;+3. The number of halogens is 12. The van der Waals surface area contributed by atoms with E-state index in [9.17, 15) is 51.8 Å². The Morgan fingerprint density at radius 2 is 0.312 bits per heavy atom. The van der Waals surface area contributed by atoms with Gasteiger partial charge in [0.15, 0.2) is 0 Å². The van der Waals surface area contributed by atoms with Crippen molar-refractivity contribution in [2.75, 3.05) is 0 Å². The summed E-state index contributed by atoms with van der Waals surface area (Å²) in [6.07, 6.45) is 0. The van der Waals surface area contributed by atoms with Crippen LogP contribution in [0.2, 0.25) is 0 Å². The van der Waals surface area contributed by atoms with Gasteiger partial charge in [-0.05, 0) is 0 Å². The summed E-state index contributed by atoms with van der Waals surface area (Å²) in [6, 6.07) is 0. The number of rotatable bonds is 0. The van der Waals surface area contributed by atoms with Crippen LogP contribution in [0.15, 0.2) is 0 Å². The van der Waals surface area contributed by atoms with Crippen molar-refractivity contribution in [2.24, 2.45) is 0 Å². The van der Waals surface area contributed by atoms with Crippen LogP contribution in [0, 0.1) is 36.9 Å². The van der Waals surface area contributed by atoms with Gasteiger partial charge in [-0.25, -0.2) is 0 Å². The van der Waals surface area contributed by atoms with E-state index >= 15 is 0 Å². The summed E-state index contributed by atoms with van der Waals surface area (Å²) >= 11 is 0. The normalized spacial score (nSPS) is 11.2. The average Bonchev–Trinajstić information content (AvgIpc) is 1.41. The molecule has 16 heavy (non-hydrogen) atoms. The van der Waals surface area contributed by atoms with Crippen molar-refractivity contribution in [2.45, 2.75) is 0 Å². The molecule has 0 fully saturated rings. The third kappa shape index (κ3) is 7780. The van der Waals surface area contributed by atoms with Crippen LogP contribution in [-0.4, -0.2) is 21.8 Å². The minimum absolute atomic E-state index is 0. The predicted molar refractivity (Wildman–Crippen MR) is 30.6 cm³/mol. The van der Waals surface area contributed by atoms with Crippen LogP contribution in [0.3, 0.4) is 0 Å². The zero-order valence-electron chi connectivity index (χ0n) is 6.54. The Bertz CT molecular complexity index is 91.3. The molecule has 0 saturated heterocycles. The molecule has 0 rings (SSSR count). The fourth-order valence-corrected chi connectivity index (χ4v) is 0. The molecule has 0 aromatic heterocycles. The monoisotopic (exact) mass is 430 g/mol. The maximum absolute atomic E-state index is 9.75. The van der Waals surface area contributed by atoms with Gasteiger partial charge in [0.1, 0.15) is 0 Å². The second-order valence-corrected chi connectivity index (χ2v) is 1.48.